The minimum atomic E-state index is -0.402. The number of esters is 1. The Balaban J connectivity index is 2.56. The van der Waals surface area contributed by atoms with Gasteiger partial charge in [0.1, 0.15) is 5.75 Å². The lowest BCUT2D eigenvalue weighted by molar-refractivity contribution is -0.145. The molecule has 1 aromatic rings. The molecule has 8 heteroatoms. The molecule has 0 unspecified atom stereocenters. The van der Waals surface area contributed by atoms with Crippen LogP contribution < -0.4 is 15.5 Å². The molecule has 120 valence electrons. The molecule has 0 aliphatic heterocycles. The average molecular weight is 388 g/mol. The van der Waals surface area contributed by atoms with Crippen molar-refractivity contribution < 1.29 is 14.3 Å². The molecule has 0 saturated carbocycles. The number of hydrogen-bond acceptors (Lipinski definition) is 5. The summed E-state index contributed by atoms with van der Waals surface area (Å²) in [4.78, 5) is 11.2. The van der Waals surface area contributed by atoms with Crippen LogP contribution in [0.25, 0.3) is 0 Å². The highest BCUT2D eigenvalue weighted by molar-refractivity contribution is 9.10. The summed E-state index contributed by atoms with van der Waals surface area (Å²) < 4.78 is 10.9. The fourth-order valence-electron chi connectivity index (χ4n) is 1.42. The van der Waals surface area contributed by atoms with Crippen molar-refractivity contribution >= 4 is 45.4 Å². The molecule has 0 radical (unpaired) electrons. The Labute approximate surface area is 143 Å². The van der Waals surface area contributed by atoms with Gasteiger partial charge in [-0.15, -0.1) is 0 Å². The van der Waals surface area contributed by atoms with Crippen molar-refractivity contribution in [2.24, 2.45) is 5.10 Å². The molecule has 0 saturated heterocycles. The van der Waals surface area contributed by atoms with E-state index in [0.29, 0.717) is 17.5 Å². The molecule has 1 rings (SSSR count). The Bertz CT molecular complexity index is 552. The van der Waals surface area contributed by atoms with Crippen LogP contribution in [0.15, 0.2) is 27.8 Å². The highest BCUT2D eigenvalue weighted by Gasteiger charge is 2.06. The molecule has 22 heavy (non-hydrogen) atoms. The second kappa shape index (κ2) is 10.1. The number of benzene rings is 1. The first-order valence-corrected chi connectivity index (χ1v) is 7.91. The van der Waals surface area contributed by atoms with E-state index in [-0.39, 0.29) is 6.61 Å². The van der Waals surface area contributed by atoms with E-state index in [4.69, 9.17) is 21.7 Å². The number of thiocarbonyl (C=S) groups is 1. The number of rotatable bonds is 7. The Morgan fingerprint density at radius 3 is 2.86 bits per heavy atom. The zero-order valence-electron chi connectivity index (χ0n) is 12.4. The van der Waals surface area contributed by atoms with Crippen LogP contribution in [0.2, 0.25) is 0 Å². The summed E-state index contributed by atoms with van der Waals surface area (Å²) in [6.07, 6.45) is 1.63. The summed E-state index contributed by atoms with van der Waals surface area (Å²) >= 11 is 8.37. The van der Waals surface area contributed by atoms with E-state index in [1.54, 1.807) is 19.2 Å². The molecule has 0 aliphatic rings. The number of hydrazone groups is 1. The summed E-state index contributed by atoms with van der Waals surface area (Å²) in [5, 5.41) is 7.40. The summed E-state index contributed by atoms with van der Waals surface area (Å²) in [7, 11) is 0. The molecule has 2 N–H and O–H groups in total. The van der Waals surface area contributed by atoms with Gasteiger partial charge >= 0.3 is 5.97 Å². The van der Waals surface area contributed by atoms with Crippen molar-refractivity contribution in [3.8, 4) is 5.75 Å². The molecule has 0 aliphatic carbocycles. The second-order valence-electron chi connectivity index (χ2n) is 4.01. The van der Waals surface area contributed by atoms with Crippen molar-refractivity contribution in [3.63, 3.8) is 0 Å². The third-order valence-corrected chi connectivity index (χ3v) is 3.18. The SMILES string of the molecule is CCNC(=S)NN=Cc1ccc(OCC(=O)OCC)c(Br)c1. The third-order valence-electron chi connectivity index (χ3n) is 2.32. The number of ether oxygens (including phenoxy) is 2. The average Bonchev–Trinajstić information content (AvgIpc) is 2.47. The summed E-state index contributed by atoms with van der Waals surface area (Å²) in [5.41, 5.74) is 3.55. The molecule has 0 fully saturated rings. The fourth-order valence-corrected chi connectivity index (χ4v) is 2.13. The molecule has 0 aromatic heterocycles. The Kier molecular flexibility index (Phi) is 8.46. The van der Waals surface area contributed by atoms with Crippen molar-refractivity contribution in [3.05, 3.63) is 28.2 Å². The smallest absolute Gasteiger partial charge is 0.344 e. The first-order chi connectivity index (χ1) is 10.6. The first-order valence-electron chi connectivity index (χ1n) is 6.71. The van der Waals surface area contributed by atoms with Gasteiger partial charge in [0.25, 0.3) is 0 Å². The minimum absolute atomic E-state index is 0.127. The van der Waals surface area contributed by atoms with Gasteiger partial charge in [-0.25, -0.2) is 4.79 Å². The predicted molar refractivity (Wildman–Crippen MR) is 93.3 cm³/mol. The van der Waals surface area contributed by atoms with Gasteiger partial charge in [0, 0.05) is 6.54 Å². The van der Waals surface area contributed by atoms with Crippen LogP contribution in [0.3, 0.4) is 0 Å². The van der Waals surface area contributed by atoms with Crippen LogP contribution in [0, 0.1) is 0 Å². The van der Waals surface area contributed by atoms with Gasteiger partial charge < -0.3 is 14.8 Å². The fraction of sp³-hybridized carbons (Fsp3) is 0.357. The molecule has 0 atom stereocenters. The van der Waals surface area contributed by atoms with Crippen LogP contribution in [0.5, 0.6) is 5.75 Å². The Morgan fingerprint density at radius 2 is 2.23 bits per heavy atom. The maximum atomic E-state index is 11.2. The minimum Gasteiger partial charge on any atom is -0.481 e. The van der Waals surface area contributed by atoms with Crippen LogP contribution in [0.4, 0.5) is 0 Å². The van der Waals surface area contributed by atoms with Gasteiger partial charge in [-0.05, 0) is 65.8 Å². The van der Waals surface area contributed by atoms with E-state index >= 15 is 0 Å². The third kappa shape index (κ3) is 6.86. The van der Waals surface area contributed by atoms with Crippen LogP contribution in [-0.4, -0.2) is 37.1 Å². The number of nitrogens with one attached hydrogen (secondary N) is 2. The lowest BCUT2D eigenvalue weighted by Gasteiger charge is -2.08. The molecule has 6 nitrogen and oxygen atoms in total. The molecular formula is C14H18BrN3O3S. The number of hydrogen-bond donors (Lipinski definition) is 2. The monoisotopic (exact) mass is 387 g/mol. The summed E-state index contributed by atoms with van der Waals surface area (Å²) in [6.45, 7) is 4.64. The van der Waals surface area contributed by atoms with Gasteiger partial charge in [0.2, 0.25) is 0 Å². The zero-order chi connectivity index (χ0) is 16.4. The highest BCUT2D eigenvalue weighted by Crippen LogP contribution is 2.25. The van der Waals surface area contributed by atoms with Gasteiger partial charge in [-0.3, -0.25) is 5.43 Å². The Morgan fingerprint density at radius 1 is 1.45 bits per heavy atom. The molecule has 0 bridgehead atoms. The van der Waals surface area contributed by atoms with E-state index < -0.39 is 5.97 Å². The van der Waals surface area contributed by atoms with E-state index in [1.165, 1.54) is 0 Å². The Hall–Kier alpha value is -1.67. The van der Waals surface area contributed by atoms with Crippen molar-refractivity contribution in [2.45, 2.75) is 13.8 Å². The predicted octanol–water partition coefficient (Wildman–Crippen LogP) is 2.21. The lowest BCUT2D eigenvalue weighted by Crippen LogP contribution is -2.31. The molecule has 0 heterocycles. The maximum absolute atomic E-state index is 11.2. The molecule has 1 aromatic carbocycles. The van der Waals surface area contributed by atoms with Gasteiger partial charge in [0.15, 0.2) is 11.7 Å². The van der Waals surface area contributed by atoms with Crippen molar-refractivity contribution in [2.75, 3.05) is 19.8 Å². The zero-order valence-corrected chi connectivity index (χ0v) is 14.8. The standard InChI is InChI=1S/C14H18BrN3O3S/c1-3-16-14(22)18-17-8-10-5-6-12(11(15)7-10)21-9-13(19)20-4-2/h5-8H,3-4,9H2,1-2H3,(H2,16,18,22). The summed E-state index contributed by atoms with van der Waals surface area (Å²) in [5.74, 6) is 0.155. The van der Waals surface area contributed by atoms with E-state index in [9.17, 15) is 4.79 Å². The van der Waals surface area contributed by atoms with Crippen LogP contribution >= 0.6 is 28.1 Å². The van der Waals surface area contributed by atoms with E-state index in [2.05, 4.69) is 31.8 Å². The lowest BCUT2D eigenvalue weighted by atomic mass is 10.2. The van der Waals surface area contributed by atoms with Gasteiger partial charge in [0.05, 0.1) is 17.3 Å². The maximum Gasteiger partial charge on any atom is 0.344 e. The number of nitrogens with zero attached hydrogens (tertiary/aromatic N) is 1. The largest absolute Gasteiger partial charge is 0.481 e. The summed E-state index contributed by atoms with van der Waals surface area (Å²) in [6, 6.07) is 5.38. The highest BCUT2D eigenvalue weighted by atomic mass is 79.9. The number of carbonyl (C=O) groups excluding carboxylic acids is 1. The molecule has 0 spiro atoms. The normalized spacial score (nSPS) is 10.3. The van der Waals surface area contributed by atoms with Crippen molar-refractivity contribution in [1.82, 2.24) is 10.7 Å². The molecular weight excluding hydrogens is 370 g/mol. The van der Waals surface area contributed by atoms with Crippen LogP contribution in [0.1, 0.15) is 19.4 Å². The van der Waals surface area contributed by atoms with E-state index in [0.717, 1.165) is 16.6 Å². The quantitative estimate of drug-likeness (QED) is 0.323. The topological polar surface area (TPSA) is 72.0 Å². The van der Waals surface area contributed by atoms with E-state index in [1.807, 2.05) is 19.1 Å². The van der Waals surface area contributed by atoms with Crippen molar-refractivity contribution in [1.29, 1.82) is 0 Å². The van der Waals surface area contributed by atoms with Crippen LogP contribution in [-0.2, 0) is 9.53 Å². The molecule has 0 amide bonds. The first kappa shape index (κ1) is 18.4. The number of halogens is 1. The van der Waals surface area contributed by atoms with Gasteiger partial charge in [-0.2, -0.15) is 5.10 Å². The number of carbonyl (C=O) groups is 1. The second-order valence-corrected chi connectivity index (χ2v) is 5.28. The van der Waals surface area contributed by atoms with Gasteiger partial charge in [-0.1, -0.05) is 0 Å².